The Labute approximate surface area is 169 Å². The van der Waals surface area contributed by atoms with Gasteiger partial charge in [0.2, 0.25) is 5.91 Å². The van der Waals surface area contributed by atoms with Gasteiger partial charge in [-0.05, 0) is 56.0 Å². The van der Waals surface area contributed by atoms with Crippen LogP contribution in [0.5, 0.6) is 0 Å². The van der Waals surface area contributed by atoms with E-state index in [2.05, 4.69) is 10.6 Å². The molecule has 1 aliphatic heterocycles. The molecule has 5 nitrogen and oxygen atoms in total. The zero-order valence-electron chi connectivity index (χ0n) is 15.1. The second kappa shape index (κ2) is 8.78. The first kappa shape index (κ1) is 19.7. The SMILES string of the molecule is CSc1nn(-c2ccccc2)c2cc(NC(=O)C3CCCNC3)ccc12.Cl. The molecule has 3 aromatic rings. The van der Waals surface area contributed by atoms with Gasteiger partial charge in [-0.3, -0.25) is 4.79 Å². The van der Waals surface area contributed by atoms with E-state index >= 15 is 0 Å². The summed E-state index contributed by atoms with van der Waals surface area (Å²) < 4.78 is 1.94. The zero-order valence-corrected chi connectivity index (χ0v) is 16.8. The Morgan fingerprint density at radius 2 is 2.07 bits per heavy atom. The number of carbonyl (C=O) groups excluding carboxylic acids is 1. The predicted octanol–water partition coefficient (Wildman–Crippen LogP) is 4.11. The summed E-state index contributed by atoms with van der Waals surface area (Å²) in [7, 11) is 0. The number of amides is 1. The largest absolute Gasteiger partial charge is 0.326 e. The Balaban J connectivity index is 0.00000210. The van der Waals surface area contributed by atoms with E-state index in [9.17, 15) is 4.79 Å². The number of nitrogens with zero attached hydrogens (tertiary/aromatic N) is 2. The van der Waals surface area contributed by atoms with Crippen LogP contribution >= 0.6 is 24.2 Å². The highest BCUT2D eigenvalue weighted by Crippen LogP contribution is 2.30. The zero-order chi connectivity index (χ0) is 17.9. The molecule has 7 heteroatoms. The van der Waals surface area contributed by atoms with Crippen LogP contribution in [0.2, 0.25) is 0 Å². The number of anilines is 1. The molecule has 2 heterocycles. The lowest BCUT2D eigenvalue weighted by Gasteiger charge is -2.21. The molecule has 4 rings (SSSR count). The van der Waals surface area contributed by atoms with Gasteiger partial charge < -0.3 is 10.6 Å². The van der Waals surface area contributed by atoms with Crippen LogP contribution in [-0.2, 0) is 4.79 Å². The van der Waals surface area contributed by atoms with Crippen LogP contribution in [0.25, 0.3) is 16.6 Å². The molecule has 0 saturated carbocycles. The smallest absolute Gasteiger partial charge is 0.228 e. The van der Waals surface area contributed by atoms with E-state index in [4.69, 9.17) is 5.10 Å². The van der Waals surface area contributed by atoms with E-state index in [-0.39, 0.29) is 24.2 Å². The second-order valence-corrected chi connectivity index (χ2v) is 7.32. The molecule has 0 spiro atoms. The molecule has 142 valence electrons. The van der Waals surface area contributed by atoms with Gasteiger partial charge in [0, 0.05) is 17.6 Å². The Morgan fingerprint density at radius 3 is 2.78 bits per heavy atom. The standard InChI is InChI=1S/C20H22N4OS.ClH/c1-26-20-17-10-9-15(22-19(25)14-6-5-11-21-13-14)12-18(17)24(23-20)16-7-3-2-4-8-16;/h2-4,7-10,12,14,21H,5-6,11,13H2,1H3,(H,22,25);1H. The molecule has 1 amide bonds. The van der Waals surface area contributed by atoms with Gasteiger partial charge in [-0.2, -0.15) is 5.10 Å². The number of nitrogens with one attached hydrogen (secondary N) is 2. The summed E-state index contributed by atoms with van der Waals surface area (Å²) in [6.07, 6.45) is 4.03. The third-order valence-electron chi connectivity index (χ3n) is 4.78. The monoisotopic (exact) mass is 402 g/mol. The van der Waals surface area contributed by atoms with Crippen molar-refractivity contribution in [2.75, 3.05) is 24.7 Å². The molecule has 0 bridgehead atoms. The van der Waals surface area contributed by atoms with Crippen molar-refractivity contribution in [3.8, 4) is 5.69 Å². The summed E-state index contributed by atoms with van der Waals surface area (Å²) in [4.78, 5) is 12.5. The number of carbonyl (C=O) groups is 1. The van der Waals surface area contributed by atoms with Crippen LogP contribution in [0.1, 0.15) is 12.8 Å². The van der Waals surface area contributed by atoms with Crippen LogP contribution < -0.4 is 10.6 Å². The first-order valence-corrected chi connectivity index (χ1v) is 10.1. The summed E-state index contributed by atoms with van der Waals surface area (Å²) in [5, 5.41) is 13.2. The molecular formula is C20H23ClN4OS. The minimum absolute atomic E-state index is 0. The Kier molecular flexibility index (Phi) is 6.42. The summed E-state index contributed by atoms with van der Waals surface area (Å²) in [5.41, 5.74) is 2.83. The molecule has 0 aliphatic carbocycles. The minimum atomic E-state index is 0. The fraction of sp³-hybridized carbons (Fsp3) is 0.300. The van der Waals surface area contributed by atoms with Crippen LogP contribution in [0.15, 0.2) is 53.6 Å². The maximum absolute atomic E-state index is 12.5. The Morgan fingerprint density at radius 1 is 1.26 bits per heavy atom. The van der Waals surface area contributed by atoms with Gasteiger partial charge in [0.05, 0.1) is 17.1 Å². The number of rotatable bonds is 4. The highest BCUT2D eigenvalue weighted by atomic mass is 35.5. The van der Waals surface area contributed by atoms with E-state index in [0.717, 1.165) is 53.2 Å². The molecular weight excluding hydrogens is 380 g/mol. The molecule has 1 fully saturated rings. The van der Waals surface area contributed by atoms with Crippen LogP contribution in [0.4, 0.5) is 5.69 Å². The summed E-state index contributed by atoms with van der Waals surface area (Å²) in [6, 6.07) is 16.1. The minimum Gasteiger partial charge on any atom is -0.326 e. The average molecular weight is 403 g/mol. The van der Waals surface area contributed by atoms with E-state index in [1.54, 1.807) is 11.8 Å². The molecule has 27 heavy (non-hydrogen) atoms. The van der Waals surface area contributed by atoms with Crippen molar-refractivity contribution >= 4 is 46.7 Å². The first-order chi connectivity index (χ1) is 12.8. The summed E-state index contributed by atoms with van der Waals surface area (Å²) in [6.45, 7) is 1.76. The van der Waals surface area contributed by atoms with Gasteiger partial charge in [-0.1, -0.05) is 18.2 Å². The highest BCUT2D eigenvalue weighted by molar-refractivity contribution is 7.98. The van der Waals surface area contributed by atoms with Crippen molar-refractivity contribution < 1.29 is 4.79 Å². The number of hydrogen-bond acceptors (Lipinski definition) is 4. The number of thioether (sulfide) groups is 1. The number of para-hydroxylation sites is 1. The fourth-order valence-electron chi connectivity index (χ4n) is 3.40. The maximum atomic E-state index is 12.5. The second-order valence-electron chi connectivity index (χ2n) is 6.52. The van der Waals surface area contributed by atoms with Gasteiger partial charge >= 0.3 is 0 Å². The molecule has 2 aromatic carbocycles. The molecule has 2 N–H and O–H groups in total. The lowest BCUT2D eigenvalue weighted by atomic mass is 9.99. The Hall–Kier alpha value is -2.02. The van der Waals surface area contributed by atoms with Crippen molar-refractivity contribution in [3.63, 3.8) is 0 Å². The van der Waals surface area contributed by atoms with Crippen molar-refractivity contribution in [1.29, 1.82) is 0 Å². The molecule has 1 aliphatic rings. The lowest BCUT2D eigenvalue weighted by Crippen LogP contribution is -2.37. The van der Waals surface area contributed by atoms with E-state index in [1.165, 1.54) is 0 Å². The molecule has 1 atom stereocenters. The van der Waals surface area contributed by atoms with Crippen LogP contribution in [0, 0.1) is 5.92 Å². The number of fused-ring (bicyclic) bond motifs is 1. The quantitative estimate of drug-likeness (QED) is 0.645. The number of hydrogen-bond donors (Lipinski definition) is 2. The molecule has 1 unspecified atom stereocenters. The summed E-state index contributed by atoms with van der Waals surface area (Å²) in [5.74, 6) is 0.132. The van der Waals surface area contributed by atoms with Gasteiger partial charge in [0.25, 0.3) is 0 Å². The maximum Gasteiger partial charge on any atom is 0.228 e. The number of aromatic nitrogens is 2. The van der Waals surface area contributed by atoms with Crippen LogP contribution in [-0.4, -0.2) is 35.0 Å². The predicted molar refractivity (Wildman–Crippen MR) is 114 cm³/mol. The normalized spacial score (nSPS) is 16.7. The molecule has 1 saturated heterocycles. The van der Waals surface area contributed by atoms with Gasteiger partial charge in [0.1, 0.15) is 5.03 Å². The number of halogens is 1. The number of benzene rings is 2. The third-order valence-corrected chi connectivity index (χ3v) is 5.46. The molecule has 1 aromatic heterocycles. The Bertz CT molecular complexity index is 922. The van der Waals surface area contributed by atoms with Crippen LogP contribution in [0.3, 0.4) is 0 Å². The lowest BCUT2D eigenvalue weighted by molar-refractivity contribution is -0.120. The average Bonchev–Trinajstić information content (AvgIpc) is 3.07. The third kappa shape index (κ3) is 4.13. The van der Waals surface area contributed by atoms with Gasteiger partial charge in [-0.25, -0.2) is 4.68 Å². The van der Waals surface area contributed by atoms with Crippen molar-refractivity contribution in [2.24, 2.45) is 5.92 Å². The summed E-state index contributed by atoms with van der Waals surface area (Å²) >= 11 is 1.63. The molecule has 0 radical (unpaired) electrons. The van der Waals surface area contributed by atoms with Crippen molar-refractivity contribution in [3.05, 3.63) is 48.5 Å². The van der Waals surface area contributed by atoms with Crippen molar-refractivity contribution in [2.45, 2.75) is 17.9 Å². The van der Waals surface area contributed by atoms with Gasteiger partial charge in [-0.15, -0.1) is 24.2 Å². The fourth-order valence-corrected chi connectivity index (χ4v) is 3.96. The van der Waals surface area contributed by atoms with Crippen molar-refractivity contribution in [1.82, 2.24) is 15.1 Å². The topological polar surface area (TPSA) is 59.0 Å². The van der Waals surface area contributed by atoms with E-state index in [0.29, 0.717) is 0 Å². The van der Waals surface area contributed by atoms with E-state index in [1.807, 2.05) is 59.5 Å². The van der Waals surface area contributed by atoms with Gasteiger partial charge in [0.15, 0.2) is 0 Å². The highest BCUT2D eigenvalue weighted by Gasteiger charge is 2.21. The first-order valence-electron chi connectivity index (χ1n) is 8.90. The number of piperidine rings is 1. The van der Waals surface area contributed by atoms with E-state index < -0.39 is 0 Å².